The SMILES string of the molecule is CCCC1CC(NC(C)=O)CN(CC(=O)OC)C1. The van der Waals surface area contributed by atoms with Gasteiger partial charge in [-0.1, -0.05) is 13.3 Å². The van der Waals surface area contributed by atoms with E-state index in [2.05, 4.69) is 17.1 Å². The molecule has 0 aromatic heterocycles. The van der Waals surface area contributed by atoms with Crippen LogP contribution in [0.1, 0.15) is 33.1 Å². The van der Waals surface area contributed by atoms with Gasteiger partial charge in [-0.15, -0.1) is 0 Å². The highest BCUT2D eigenvalue weighted by Gasteiger charge is 2.28. The molecule has 0 aromatic carbocycles. The second-order valence-electron chi connectivity index (χ2n) is 5.06. The summed E-state index contributed by atoms with van der Waals surface area (Å²) in [5, 5.41) is 2.96. The van der Waals surface area contributed by atoms with Gasteiger partial charge in [0, 0.05) is 26.1 Å². The van der Waals surface area contributed by atoms with E-state index in [0.29, 0.717) is 12.5 Å². The number of amides is 1. The molecule has 1 aliphatic heterocycles. The number of methoxy groups -OCH3 is 1. The van der Waals surface area contributed by atoms with E-state index in [9.17, 15) is 9.59 Å². The molecule has 5 heteroatoms. The first kappa shape index (κ1) is 15.0. The summed E-state index contributed by atoms with van der Waals surface area (Å²) >= 11 is 0. The Labute approximate surface area is 109 Å². The molecule has 1 amide bonds. The summed E-state index contributed by atoms with van der Waals surface area (Å²) in [4.78, 5) is 24.5. The fraction of sp³-hybridized carbons (Fsp3) is 0.846. The van der Waals surface area contributed by atoms with Gasteiger partial charge >= 0.3 is 5.97 Å². The zero-order chi connectivity index (χ0) is 13.5. The highest BCUT2D eigenvalue weighted by atomic mass is 16.5. The molecule has 0 bridgehead atoms. The van der Waals surface area contributed by atoms with Crippen LogP contribution in [0.4, 0.5) is 0 Å². The predicted octanol–water partition coefficient (Wildman–Crippen LogP) is 0.786. The fourth-order valence-corrected chi connectivity index (χ4v) is 2.69. The van der Waals surface area contributed by atoms with Crippen molar-refractivity contribution in [2.45, 2.75) is 39.2 Å². The molecule has 0 aliphatic carbocycles. The van der Waals surface area contributed by atoms with Gasteiger partial charge in [0.25, 0.3) is 0 Å². The van der Waals surface area contributed by atoms with Crippen molar-refractivity contribution in [2.24, 2.45) is 5.92 Å². The van der Waals surface area contributed by atoms with Gasteiger partial charge in [0.15, 0.2) is 0 Å². The van der Waals surface area contributed by atoms with Crippen molar-refractivity contribution in [3.8, 4) is 0 Å². The Morgan fingerprint density at radius 1 is 1.39 bits per heavy atom. The number of esters is 1. The molecule has 2 atom stereocenters. The first-order valence-electron chi connectivity index (χ1n) is 6.61. The van der Waals surface area contributed by atoms with Crippen LogP contribution in [0.15, 0.2) is 0 Å². The van der Waals surface area contributed by atoms with E-state index in [1.54, 1.807) is 0 Å². The lowest BCUT2D eigenvalue weighted by Crippen LogP contribution is -2.51. The minimum Gasteiger partial charge on any atom is -0.468 e. The van der Waals surface area contributed by atoms with E-state index < -0.39 is 0 Å². The first-order valence-corrected chi connectivity index (χ1v) is 6.61. The summed E-state index contributed by atoms with van der Waals surface area (Å²) in [6.45, 7) is 5.65. The molecule has 1 rings (SSSR count). The maximum Gasteiger partial charge on any atom is 0.319 e. The molecule has 18 heavy (non-hydrogen) atoms. The smallest absolute Gasteiger partial charge is 0.319 e. The molecule has 0 spiro atoms. The molecule has 5 nitrogen and oxygen atoms in total. The van der Waals surface area contributed by atoms with Crippen LogP contribution in [0.25, 0.3) is 0 Å². The summed E-state index contributed by atoms with van der Waals surface area (Å²) in [6.07, 6.45) is 3.27. The van der Waals surface area contributed by atoms with Crippen molar-refractivity contribution < 1.29 is 14.3 Å². The number of likely N-dealkylation sites (tertiary alicyclic amines) is 1. The second-order valence-corrected chi connectivity index (χ2v) is 5.06. The molecule has 104 valence electrons. The summed E-state index contributed by atoms with van der Waals surface area (Å²) in [5.74, 6) is 0.328. The van der Waals surface area contributed by atoms with Gasteiger partial charge in [-0.3, -0.25) is 14.5 Å². The lowest BCUT2D eigenvalue weighted by Gasteiger charge is -2.37. The minimum absolute atomic E-state index is 0.00448. The first-order chi connectivity index (χ1) is 8.55. The lowest BCUT2D eigenvalue weighted by atomic mass is 9.90. The number of hydrogen-bond donors (Lipinski definition) is 1. The molecule has 1 aliphatic rings. The van der Waals surface area contributed by atoms with Crippen molar-refractivity contribution >= 4 is 11.9 Å². The van der Waals surface area contributed by atoms with Crippen molar-refractivity contribution in [3.63, 3.8) is 0 Å². The molecule has 0 radical (unpaired) electrons. The Balaban J connectivity index is 2.55. The van der Waals surface area contributed by atoms with Crippen LogP contribution in [0.5, 0.6) is 0 Å². The molecule has 2 unspecified atom stereocenters. The third kappa shape index (κ3) is 5.04. The van der Waals surface area contributed by atoms with E-state index in [-0.39, 0.29) is 17.9 Å². The Hall–Kier alpha value is -1.10. The van der Waals surface area contributed by atoms with Gasteiger partial charge in [-0.2, -0.15) is 0 Å². The molecular formula is C13H24N2O3. The van der Waals surface area contributed by atoms with E-state index >= 15 is 0 Å². The highest BCUT2D eigenvalue weighted by Crippen LogP contribution is 2.21. The number of rotatable bonds is 5. The molecule has 0 aromatic rings. The normalized spacial score (nSPS) is 24.6. The maximum absolute atomic E-state index is 11.3. The van der Waals surface area contributed by atoms with Gasteiger partial charge in [-0.05, 0) is 18.8 Å². The Morgan fingerprint density at radius 2 is 2.11 bits per heavy atom. The molecule has 1 heterocycles. The summed E-state index contributed by atoms with van der Waals surface area (Å²) in [6, 6.07) is 0.150. The Morgan fingerprint density at radius 3 is 2.67 bits per heavy atom. The Bertz CT molecular complexity index is 294. The van der Waals surface area contributed by atoms with E-state index in [1.165, 1.54) is 14.0 Å². The van der Waals surface area contributed by atoms with Crippen LogP contribution in [0.3, 0.4) is 0 Å². The topological polar surface area (TPSA) is 58.6 Å². The molecule has 0 saturated carbocycles. The van der Waals surface area contributed by atoms with Gasteiger partial charge in [0.1, 0.15) is 0 Å². The van der Waals surface area contributed by atoms with E-state index in [1.807, 2.05) is 0 Å². The molecular weight excluding hydrogens is 232 g/mol. The van der Waals surface area contributed by atoms with Crippen LogP contribution in [0.2, 0.25) is 0 Å². The zero-order valence-corrected chi connectivity index (χ0v) is 11.6. The number of ether oxygens (including phenoxy) is 1. The third-order valence-electron chi connectivity index (χ3n) is 3.30. The monoisotopic (exact) mass is 256 g/mol. The van der Waals surface area contributed by atoms with Crippen LogP contribution in [-0.4, -0.2) is 49.6 Å². The van der Waals surface area contributed by atoms with Gasteiger partial charge < -0.3 is 10.1 Å². The standard InChI is InChI=1S/C13H24N2O3/c1-4-5-11-6-12(14-10(2)16)8-15(7-11)9-13(17)18-3/h11-12H,4-9H2,1-3H3,(H,14,16). The van der Waals surface area contributed by atoms with Gasteiger partial charge in [0.05, 0.1) is 13.7 Å². The zero-order valence-electron chi connectivity index (χ0n) is 11.6. The molecule has 1 N–H and O–H groups in total. The number of nitrogens with one attached hydrogen (secondary N) is 1. The van der Waals surface area contributed by atoms with Crippen molar-refractivity contribution in [1.82, 2.24) is 10.2 Å². The van der Waals surface area contributed by atoms with Crippen molar-refractivity contribution in [2.75, 3.05) is 26.7 Å². The number of nitrogens with zero attached hydrogens (tertiary/aromatic N) is 1. The third-order valence-corrected chi connectivity index (χ3v) is 3.30. The van der Waals surface area contributed by atoms with E-state index in [4.69, 9.17) is 4.74 Å². The average Bonchev–Trinajstić information content (AvgIpc) is 2.28. The molecule has 1 saturated heterocycles. The van der Waals surface area contributed by atoms with Crippen LogP contribution in [0, 0.1) is 5.92 Å². The lowest BCUT2D eigenvalue weighted by molar-refractivity contribution is -0.142. The number of piperidine rings is 1. The number of carbonyl (C=O) groups is 2. The molecule has 1 fully saturated rings. The van der Waals surface area contributed by atoms with Crippen LogP contribution in [-0.2, 0) is 14.3 Å². The summed E-state index contributed by atoms with van der Waals surface area (Å²) in [5.41, 5.74) is 0. The highest BCUT2D eigenvalue weighted by molar-refractivity contribution is 5.73. The van der Waals surface area contributed by atoms with Crippen LogP contribution >= 0.6 is 0 Å². The van der Waals surface area contributed by atoms with E-state index in [0.717, 1.165) is 32.4 Å². The average molecular weight is 256 g/mol. The van der Waals surface area contributed by atoms with Gasteiger partial charge in [0.2, 0.25) is 5.91 Å². The quantitative estimate of drug-likeness (QED) is 0.739. The Kier molecular flexibility index (Phi) is 6.12. The summed E-state index contributed by atoms with van der Waals surface area (Å²) < 4.78 is 4.70. The predicted molar refractivity (Wildman–Crippen MR) is 69.1 cm³/mol. The minimum atomic E-state index is -0.214. The van der Waals surface area contributed by atoms with Crippen molar-refractivity contribution in [1.29, 1.82) is 0 Å². The van der Waals surface area contributed by atoms with Crippen LogP contribution < -0.4 is 5.32 Å². The van der Waals surface area contributed by atoms with Gasteiger partial charge in [-0.25, -0.2) is 0 Å². The fourth-order valence-electron chi connectivity index (χ4n) is 2.69. The summed E-state index contributed by atoms with van der Waals surface area (Å²) in [7, 11) is 1.40. The van der Waals surface area contributed by atoms with Crippen molar-refractivity contribution in [3.05, 3.63) is 0 Å². The second kappa shape index (κ2) is 7.36. The number of hydrogen-bond acceptors (Lipinski definition) is 4. The largest absolute Gasteiger partial charge is 0.468 e. The maximum atomic E-state index is 11.3. The number of carbonyl (C=O) groups excluding carboxylic acids is 2.